The maximum absolute atomic E-state index is 13.2. The molecule has 1 amide bonds. The maximum atomic E-state index is 13.2. The molecule has 3 rings (SSSR count). The third kappa shape index (κ3) is 5.12. The summed E-state index contributed by atoms with van der Waals surface area (Å²) in [5.41, 5.74) is 5.48. The Morgan fingerprint density at radius 3 is 2.07 bits per heavy atom. The zero-order valence-corrected chi connectivity index (χ0v) is 17.6. The molecule has 0 aliphatic carbocycles. The lowest BCUT2D eigenvalue weighted by Crippen LogP contribution is -2.39. The minimum Gasteiger partial charge on any atom is -0.271 e. The van der Waals surface area contributed by atoms with Gasteiger partial charge in [-0.3, -0.25) is 9.10 Å². The van der Waals surface area contributed by atoms with E-state index in [1.54, 1.807) is 55.5 Å². The second-order valence-electron chi connectivity index (χ2n) is 6.76. The van der Waals surface area contributed by atoms with Crippen LogP contribution in [0.5, 0.6) is 0 Å². The van der Waals surface area contributed by atoms with Crippen LogP contribution in [0.25, 0.3) is 0 Å². The van der Waals surface area contributed by atoms with E-state index in [0.717, 1.165) is 15.4 Å². The SMILES string of the molecule is C/C(=N/NC(=O)CN(c1ccccc1)S(=O)(=O)c1ccccc1)c1ccc(C)cc1. The fraction of sp³-hybridized carbons (Fsp3) is 0.130. The Kier molecular flexibility index (Phi) is 6.64. The Morgan fingerprint density at radius 2 is 1.47 bits per heavy atom. The molecule has 6 nitrogen and oxygen atoms in total. The van der Waals surface area contributed by atoms with Crippen molar-refractivity contribution in [2.45, 2.75) is 18.7 Å². The Labute approximate surface area is 176 Å². The summed E-state index contributed by atoms with van der Waals surface area (Å²) in [5, 5.41) is 4.12. The van der Waals surface area contributed by atoms with Gasteiger partial charge in [0.2, 0.25) is 0 Å². The van der Waals surface area contributed by atoms with Crippen molar-refractivity contribution in [1.29, 1.82) is 0 Å². The largest absolute Gasteiger partial charge is 0.271 e. The number of benzene rings is 3. The highest BCUT2D eigenvalue weighted by atomic mass is 32.2. The number of hydrogen-bond donors (Lipinski definition) is 1. The van der Waals surface area contributed by atoms with Crippen molar-refractivity contribution in [2.75, 3.05) is 10.8 Å². The molecule has 0 aliphatic rings. The first-order valence-electron chi connectivity index (χ1n) is 9.41. The number of anilines is 1. The van der Waals surface area contributed by atoms with Gasteiger partial charge < -0.3 is 0 Å². The number of para-hydroxylation sites is 1. The highest BCUT2D eigenvalue weighted by molar-refractivity contribution is 7.92. The second-order valence-corrected chi connectivity index (χ2v) is 8.62. The molecule has 7 heteroatoms. The van der Waals surface area contributed by atoms with Crippen LogP contribution in [0.1, 0.15) is 18.1 Å². The number of aryl methyl sites for hydroxylation is 1. The van der Waals surface area contributed by atoms with E-state index in [2.05, 4.69) is 10.5 Å². The standard InChI is InChI=1S/C23H23N3O3S/c1-18-13-15-20(16-14-18)19(2)24-25-23(27)17-26(21-9-5-3-6-10-21)30(28,29)22-11-7-4-8-12-22/h3-16H,17H2,1-2H3,(H,25,27)/b24-19-. The van der Waals surface area contributed by atoms with Gasteiger partial charge in [-0.2, -0.15) is 5.10 Å². The van der Waals surface area contributed by atoms with Crippen LogP contribution < -0.4 is 9.73 Å². The van der Waals surface area contributed by atoms with Crippen molar-refractivity contribution < 1.29 is 13.2 Å². The molecule has 3 aromatic rings. The van der Waals surface area contributed by atoms with Gasteiger partial charge in [0.15, 0.2) is 0 Å². The molecule has 154 valence electrons. The van der Waals surface area contributed by atoms with Crippen LogP contribution in [-0.4, -0.2) is 26.6 Å². The van der Waals surface area contributed by atoms with Gasteiger partial charge in [-0.25, -0.2) is 13.8 Å². The van der Waals surface area contributed by atoms with Crippen LogP contribution in [0.2, 0.25) is 0 Å². The molecule has 0 saturated carbocycles. The van der Waals surface area contributed by atoms with Gasteiger partial charge in [0.25, 0.3) is 15.9 Å². The van der Waals surface area contributed by atoms with Gasteiger partial charge in [0.05, 0.1) is 16.3 Å². The molecule has 1 N–H and O–H groups in total. The average Bonchev–Trinajstić information content (AvgIpc) is 2.77. The van der Waals surface area contributed by atoms with Crippen LogP contribution in [0.3, 0.4) is 0 Å². The van der Waals surface area contributed by atoms with Crippen molar-refractivity contribution in [1.82, 2.24) is 5.43 Å². The monoisotopic (exact) mass is 421 g/mol. The van der Waals surface area contributed by atoms with Crippen molar-refractivity contribution >= 4 is 27.3 Å². The van der Waals surface area contributed by atoms with Gasteiger partial charge in [-0.15, -0.1) is 0 Å². The lowest BCUT2D eigenvalue weighted by molar-refractivity contribution is -0.119. The lowest BCUT2D eigenvalue weighted by Gasteiger charge is -2.23. The topological polar surface area (TPSA) is 78.8 Å². The van der Waals surface area contributed by atoms with Crippen LogP contribution in [0.15, 0.2) is 94.9 Å². The zero-order chi connectivity index (χ0) is 21.6. The number of carbonyl (C=O) groups is 1. The smallest absolute Gasteiger partial charge is 0.264 e. The molecule has 0 saturated heterocycles. The molecular formula is C23H23N3O3S. The predicted octanol–water partition coefficient (Wildman–Crippen LogP) is 3.73. The first-order valence-corrected chi connectivity index (χ1v) is 10.8. The molecule has 0 atom stereocenters. The maximum Gasteiger partial charge on any atom is 0.264 e. The fourth-order valence-corrected chi connectivity index (χ4v) is 4.24. The molecule has 0 aromatic heterocycles. The summed E-state index contributed by atoms with van der Waals surface area (Å²) >= 11 is 0. The normalized spacial score (nSPS) is 11.7. The fourth-order valence-electron chi connectivity index (χ4n) is 2.80. The molecule has 3 aromatic carbocycles. The van der Waals surface area contributed by atoms with Gasteiger partial charge >= 0.3 is 0 Å². The highest BCUT2D eigenvalue weighted by Gasteiger charge is 2.26. The Balaban J connectivity index is 1.82. The first-order chi connectivity index (χ1) is 14.4. The zero-order valence-electron chi connectivity index (χ0n) is 16.8. The summed E-state index contributed by atoms with van der Waals surface area (Å²) in [7, 11) is -3.92. The third-order valence-electron chi connectivity index (χ3n) is 4.48. The molecule has 0 bridgehead atoms. The quantitative estimate of drug-likeness (QED) is 0.466. The number of hydrazone groups is 1. The third-order valence-corrected chi connectivity index (χ3v) is 6.27. The second kappa shape index (κ2) is 9.37. The minimum absolute atomic E-state index is 0.112. The van der Waals surface area contributed by atoms with E-state index in [0.29, 0.717) is 11.4 Å². The lowest BCUT2D eigenvalue weighted by atomic mass is 10.1. The van der Waals surface area contributed by atoms with Gasteiger partial charge in [0.1, 0.15) is 6.54 Å². The molecule has 0 fully saturated rings. The van der Waals surface area contributed by atoms with Gasteiger partial charge in [-0.1, -0.05) is 66.2 Å². The Morgan fingerprint density at radius 1 is 0.900 bits per heavy atom. The van der Waals surface area contributed by atoms with Gasteiger partial charge in [-0.05, 0) is 43.7 Å². The van der Waals surface area contributed by atoms with E-state index in [1.807, 2.05) is 31.2 Å². The number of rotatable bonds is 7. The highest BCUT2D eigenvalue weighted by Crippen LogP contribution is 2.23. The number of nitrogens with one attached hydrogen (secondary N) is 1. The number of nitrogens with zero attached hydrogens (tertiary/aromatic N) is 2. The molecule has 0 unspecified atom stereocenters. The summed E-state index contributed by atoms with van der Waals surface area (Å²) in [6.07, 6.45) is 0. The van der Waals surface area contributed by atoms with Crippen molar-refractivity contribution in [3.8, 4) is 0 Å². The first kappa shape index (κ1) is 21.3. The minimum atomic E-state index is -3.92. The van der Waals surface area contributed by atoms with E-state index in [-0.39, 0.29) is 4.90 Å². The van der Waals surface area contributed by atoms with Gasteiger partial charge in [0, 0.05) is 0 Å². The van der Waals surface area contributed by atoms with Crippen LogP contribution in [-0.2, 0) is 14.8 Å². The summed E-state index contributed by atoms with van der Waals surface area (Å²) in [6.45, 7) is 3.37. The van der Waals surface area contributed by atoms with E-state index in [4.69, 9.17) is 0 Å². The molecule has 0 spiro atoms. The molecule has 0 radical (unpaired) electrons. The summed E-state index contributed by atoms with van der Waals surface area (Å²) in [4.78, 5) is 12.7. The van der Waals surface area contributed by atoms with Crippen molar-refractivity contribution in [3.63, 3.8) is 0 Å². The molecule has 0 heterocycles. The molecule has 30 heavy (non-hydrogen) atoms. The Bertz CT molecular complexity index is 1130. The van der Waals surface area contributed by atoms with Crippen molar-refractivity contribution in [2.24, 2.45) is 5.10 Å². The molecule has 0 aliphatic heterocycles. The summed E-state index contributed by atoms with van der Waals surface area (Å²) < 4.78 is 27.4. The number of sulfonamides is 1. The predicted molar refractivity (Wildman–Crippen MR) is 119 cm³/mol. The summed E-state index contributed by atoms with van der Waals surface area (Å²) in [5.74, 6) is -0.537. The van der Waals surface area contributed by atoms with Crippen LogP contribution >= 0.6 is 0 Å². The van der Waals surface area contributed by atoms with E-state index in [1.165, 1.54) is 12.1 Å². The van der Waals surface area contributed by atoms with Crippen LogP contribution in [0.4, 0.5) is 5.69 Å². The van der Waals surface area contributed by atoms with Crippen LogP contribution in [0, 0.1) is 6.92 Å². The number of carbonyl (C=O) groups excluding carboxylic acids is 1. The number of hydrogen-bond acceptors (Lipinski definition) is 4. The Hall–Kier alpha value is -3.45. The van der Waals surface area contributed by atoms with Crippen molar-refractivity contribution in [3.05, 3.63) is 96.1 Å². The van der Waals surface area contributed by atoms with E-state index >= 15 is 0 Å². The molecular weight excluding hydrogens is 398 g/mol. The average molecular weight is 422 g/mol. The summed E-state index contributed by atoms with van der Waals surface area (Å²) in [6, 6.07) is 24.3. The van der Waals surface area contributed by atoms with E-state index in [9.17, 15) is 13.2 Å². The number of amides is 1. The van der Waals surface area contributed by atoms with E-state index < -0.39 is 22.5 Å².